The van der Waals surface area contributed by atoms with Crippen LogP contribution < -0.4 is 0 Å². The average Bonchev–Trinajstić information content (AvgIpc) is 1.88. The third-order valence-electron chi connectivity index (χ3n) is 2.22. The van der Waals surface area contributed by atoms with Crippen molar-refractivity contribution in [1.29, 1.82) is 0 Å². The van der Waals surface area contributed by atoms with Gasteiger partial charge in [-0.25, -0.2) is 0 Å². The maximum Gasteiger partial charge on any atom is 0.0469 e. The Kier molecular flexibility index (Phi) is 2.64. The van der Waals surface area contributed by atoms with E-state index in [1.807, 2.05) is 0 Å². The fourth-order valence-corrected chi connectivity index (χ4v) is 1.66. The molecule has 0 unspecified atom stereocenters. The Morgan fingerprint density at radius 2 is 1.80 bits per heavy atom. The molecule has 1 aliphatic rings. The van der Waals surface area contributed by atoms with Gasteiger partial charge in [0.05, 0.1) is 0 Å². The highest BCUT2D eigenvalue weighted by Crippen LogP contribution is 2.31. The standard InChI is InChI=1S/C8H16OS/c1-8(2,10)7-3-5-9-6-4-7/h7,10H,3-6H2,1-2H3. The summed E-state index contributed by atoms with van der Waals surface area (Å²) < 4.78 is 5.45. The molecular weight excluding hydrogens is 144 g/mol. The van der Waals surface area contributed by atoms with Gasteiger partial charge in [0, 0.05) is 18.0 Å². The van der Waals surface area contributed by atoms with Crippen molar-refractivity contribution in [2.24, 2.45) is 5.92 Å². The van der Waals surface area contributed by atoms with Gasteiger partial charge in [0.2, 0.25) is 0 Å². The van der Waals surface area contributed by atoms with Gasteiger partial charge in [-0.3, -0.25) is 0 Å². The van der Waals surface area contributed by atoms with Gasteiger partial charge in [-0.15, -0.1) is 0 Å². The fraction of sp³-hybridized carbons (Fsp3) is 1.00. The van der Waals surface area contributed by atoms with Crippen LogP contribution in [0.15, 0.2) is 0 Å². The Morgan fingerprint density at radius 3 is 2.10 bits per heavy atom. The van der Waals surface area contributed by atoms with Crippen LogP contribution in [0.2, 0.25) is 0 Å². The Labute approximate surface area is 68.6 Å². The number of ether oxygens (including phenoxy) is 1. The molecule has 0 aliphatic carbocycles. The second kappa shape index (κ2) is 3.14. The van der Waals surface area contributed by atoms with E-state index in [9.17, 15) is 0 Å². The molecule has 0 amide bonds. The van der Waals surface area contributed by atoms with E-state index in [0.717, 1.165) is 19.1 Å². The third kappa shape index (κ3) is 2.17. The van der Waals surface area contributed by atoms with Gasteiger partial charge in [0.15, 0.2) is 0 Å². The molecular formula is C8H16OS. The van der Waals surface area contributed by atoms with Crippen LogP contribution in [0.4, 0.5) is 0 Å². The van der Waals surface area contributed by atoms with E-state index in [-0.39, 0.29) is 4.75 Å². The predicted molar refractivity (Wildman–Crippen MR) is 46.6 cm³/mol. The summed E-state index contributed by atoms with van der Waals surface area (Å²) in [6, 6.07) is 0. The summed E-state index contributed by atoms with van der Waals surface area (Å²) in [4.78, 5) is 0. The van der Waals surface area contributed by atoms with Crippen molar-refractivity contribution < 1.29 is 4.74 Å². The predicted octanol–water partition coefficient (Wildman–Crippen LogP) is 2.12. The van der Waals surface area contributed by atoms with Crippen LogP contribution in [0, 0.1) is 5.92 Å². The van der Waals surface area contributed by atoms with Crippen molar-refractivity contribution in [2.75, 3.05) is 13.2 Å². The van der Waals surface area contributed by atoms with E-state index in [1.165, 1.54) is 12.8 Å². The molecule has 1 saturated heterocycles. The molecule has 0 saturated carbocycles. The number of hydrogen-bond donors (Lipinski definition) is 1. The maximum absolute atomic E-state index is 5.26. The SMILES string of the molecule is CC(C)(S)C1CCOCC1. The van der Waals surface area contributed by atoms with E-state index >= 15 is 0 Å². The lowest BCUT2D eigenvalue weighted by Crippen LogP contribution is -2.30. The summed E-state index contributed by atoms with van der Waals surface area (Å²) in [5.41, 5.74) is 0. The molecule has 0 aromatic heterocycles. The molecule has 1 nitrogen and oxygen atoms in total. The van der Waals surface area contributed by atoms with Crippen molar-refractivity contribution >= 4 is 12.6 Å². The van der Waals surface area contributed by atoms with Gasteiger partial charge < -0.3 is 4.74 Å². The molecule has 1 aliphatic heterocycles. The van der Waals surface area contributed by atoms with Crippen LogP contribution in [0.5, 0.6) is 0 Å². The highest BCUT2D eigenvalue weighted by atomic mass is 32.1. The van der Waals surface area contributed by atoms with Crippen LogP contribution in [-0.2, 0) is 4.74 Å². The quantitative estimate of drug-likeness (QED) is 0.578. The molecule has 1 rings (SSSR count). The second-order valence-electron chi connectivity index (χ2n) is 3.54. The van der Waals surface area contributed by atoms with Gasteiger partial charge in [0.25, 0.3) is 0 Å². The number of thiol groups is 1. The molecule has 0 aromatic rings. The first-order valence-corrected chi connectivity index (χ1v) is 4.35. The lowest BCUT2D eigenvalue weighted by Gasteiger charge is -2.32. The summed E-state index contributed by atoms with van der Waals surface area (Å²) in [5, 5.41) is 0. The van der Waals surface area contributed by atoms with E-state index in [1.54, 1.807) is 0 Å². The fourth-order valence-electron chi connectivity index (χ4n) is 1.40. The van der Waals surface area contributed by atoms with Crippen molar-refractivity contribution in [3.05, 3.63) is 0 Å². The Balaban J connectivity index is 2.39. The first-order chi connectivity index (χ1) is 4.61. The first kappa shape index (κ1) is 8.41. The van der Waals surface area contributed by atoms with Crippen molar-refractivity contribution in [1.82, 2.24) is 0 Å². The molecule has 0 atom stereocenters. The molecule has 10 heavy (non-hydrogen) atoms. The third-order valence-corrected chi connectivity index (χ3v) is 2.59. The largest absolute Gasteiger partial charge is 0.381 e. The van der Waals surface area contributed by atoms with E-state index in [0.29, 0.717) is 0 Å². The van der Waals surface area contributed by atoms with Crippen molar-refractivity contribution in [3.63, 3.8) is 0 Å². The molecule has 0 spiro atoms. The van der Waals surface area contributed by atoms with E-state index in [2.05, 4.69) is 26.5 Å². The highest BCUT2D eigenvalue weighted by molar-refractivity contribution is 7.81. The smallest absolute Gasteiger partial charge is 0.0469 e. The van der Waals surface area contributed by atoms with Gasteiger partial charge in [0.1, 0.15) is 0 Å². The summed E-state index contributed by atoms with van der Waals surface area (Å²) in [6.45, 7) is 6.22. The molecule has 1 fully saturated rings. The van der Waals surface area contributed by atoms with Gasteiger partial charge in [-0.05, 0) is 18.8 Å². The minimum atomic E-state index is 0.184. The van der Waals surface area contributed by atoms with Crippen LogP contribution in [0.1, 0.15) is 26.7 Å². The highest BCUT2D eigenvalue weighted by Gasteiger charge is 2.26. The lowest BCUT2D eigenvalue weighted by molar-refractivity contribution is 0.0579. The van der Waals surface area contributed by atoms with E-state index < -0.39 is 0 Å². The zero-order valence-corrected chi connectivity index (χ0v) is 7.66. The van der Waals surface area contributed by atoms with Crippen LogP contribution in [0.3, 0.4) is 0 Å². The number of rotatable bonds is 1. The molecule has 0 radical (unpaired) electrons. The maximum atomic E-state index is 5.26. The molecule has 0 bridgehead atoms. The molecule has 60 valence electrons. The Hall–Kier alpha value is 0.310. The lowest BCUT2D eigenvalue weighted by atomic mass is 9.88. The Bertz CT molecular complexity index is 100. The normalized spacial score (nSPS) is 23.1. The van der Waals surface area contributed by atoms with Crippen LogP contribution >= 0.6 is 12.6 Å². The average molecular weight is 160 g/mol. The van der Waals surface area contributed by atoms with Crippen LogP contribution in [0.25, 0.3) is 0 Å². The summed E-state index contributed by atoms with van der Waals surface area (Å²) in [7, 11) is 0. The minimum absolute atomic E-state index is 0.184. The van der Waals surface area contributed by atoms with E-state index in [4.69, 9.17) is 4.74 Å². The molecule has 2 heteroatoms. The van der Waals surface area contributed by atoms with Gasteiger partial charge in [-0.1, -0.05) is 13.8 Å². The van der Waals surface area contributed by atoms with Gasteiger partial charge >= 0.3 is 0 Å². The summed E-state index contributed by atoms with van der Waals surface area (Å²) >= 11 is 4.54. The monoisotopic (exact) mass is 160 g/mol. The topological polar surface area (TPSA) is 9.23 Å². The summed E-state index contributed by atoms with van der Waals surface area (Å²) in [5.74, 6) is 0.740. The second-order valence-corrected chi connectivity index (χ2v) is 4.69. The van der Waals surface area contributed by atoms with Crippen molar-refractivity contribution in [3.8, 4) is 0 Å². The zero-order valence-electron chi connectivity index (χ0n) is 6.76. The molecule has 0 N–H and O–H groups in total. The molecule has 1 heterocycles. The summed E-state index contributed by atoms with van der Waals surface area (Å²) in [6.07, 6.45) is 2.35. The van der Waals surface area contributed by atoms with Crippen LogP contribution in [-0.4, -0.2) is 18.0 Å². The first-order valence-electron chi connectivity index (χ1n) is 3.91. The molecule has 0 aromatic carbocycles. The van der Waals surface area contributed by atoms with Gasteiger partial charge in [-0.2, -0.15) is 12.6 Å². The zero-order chi connectivity index (χ0) is 7.61. The minimum Gasteiger partial charge on any atom is -0.381 e. The van der Waals surface area contributed by atoms with Crippen molar-refractivity contribution in [2.45, 2.75) is 31.4 Å². The Morgan fingerprint density at radius 1 is 1.30 bits per heavy atom. The number of hydrogen-bond acceptors (Lipinski definition) is 2.